The quantitative estimate of drug-likeness (QED) is 0.876. The lowest BCUT2D eigenvalue weighted by Gasteiger charge is -2.38. The van der Waals surface area contributed by atoms with Crippen molar-refractivity contribution >= 4 is 17.5 Å². The molecule has 2 aromatic rings. The number of nitrogens with one attached hydrogen (secondary N) is 1. The number of benzene rings is 2. The van der Waals surface area contributed by atoms with Crippen LogP contribution in [0.1, 0.15) is 29.5 Å². The molecule has 0 aromatic heterocycles. The third kappa shape index (κ3) is 4.42. The summed E-state index contributed by atoms with van der Waals surface area (Å²) in [5.74, 6) is 0.0449. The van der Waals surface area contributed by atoms with Gasteiger partial charge in [-0.2, -0.15) is 0 Å². The highest BCUT2D eigenvalue weighted by Gasteiger charge is 2.36. The van der Waals surface area contributed by atoms with Crippen LogP contribution in [0.4, 0.5) is 0 Å². The zero-order chi connectivity index (χ0) is 17.7. The number of rotatable bonds is 5. The number of amides is 1. The molecule has 0 unspecified atom stereocenters. The van der Waals surface area contributed by atoms with Gasteiger partial charge in [0.25, 0.3) is 0 Å². The van der Waals surface area contributed by atoms with Gasteiger partial charge in [-0.05, 0) is 37.0 Å². The molecule has 25 heavy (non-hydrogen) atoms. The molecule has 1 N–H and O–H groups in total. The first-order chi connectivity index (χ1) is 12.1. The second-order valence-electron chi connectivity index (χ2n) is 6.82. The fourth-order valence-corrected chi connectivity index (χ4v) is 3.87. The summed E-state index contributed by atoms with van der Waals surface area (Å²) in [5, 5.41) is 3.90. The van der Waals surface area contributed by atoms with E-state index in [2.05, 4.69) is 17.4 Å². The van der Waals surface area contributed by atoms with E-state index in [4.69, 9.17) is 16.3 Å². The lowest BCUT2D eigenvalue weighted by molar-refractivity contribution is -0.120. The van der Waals surface area contributed by atoms with Crippen LogP contribution in [0, 0.1) is 6.92 Å². The molecule has 1 saturated heterocycles. The van der Waals surface area contributed by atoms with Crippen molar-refractivity contribution in [2.75, 3.05) is 19.8 Å². The SMILES string of the molecule is Cc1cccc(CC(=O)NCC2(c3ccccc3Cl)CCOCC2)c1. The molecule has 3 nitrogen and oxygen atoms in total. The van der Waals surface area contributed by atoms with Gasteiger partial charge in [0.1, 0.15) is 0 Å². The molecule has 0 radical (unpaired) electrons. The molecule has 3 rings (SSSR count). The summed E-state index contributed by atoms with van der Waals surface area (Å²) in [6.07, 6.45) is 2.12. The molecule has 4 heteroatoms. The van der Waals surface area contributed by atoms with E-state index in [-0.39, 0.29) is 11.3 Å². The van der Waals surface area contributed by atoms with Crippen molar-refractivity contribution in [2.45, 2.75) is 31.6 Å². The normalized spacial score (nSPS) is 16.4. The van der Waals surface area contributed by atoms with E-state index in [0.29, 0.717) is 26.2 Å². The van der Waals surface area contributed by atoms with Gasteiger partial charge in [0.15, 0.2) is 0 Å². The topological polar surface area (TPSA) is 38.3 Å². The van der Waals surface area contributed by atoms with Crippen LogP contribution in [0.15, 0.2) is 48.5 Å². The van der Waals surface area contributed by atoms with Crippen molar-refractivity contribution in [3.63, 3.8) is 0 Å². The maximum absolute atomic E-state index is 12.4. The van der Waals surface area contributed by atoms with Gasteiger partial charge in [-0.15, -0.1) is 0 Å². The Bertz CT molecular complexity index is 738. The van der Waals surface area contributed by atoms with Crippen molar-refractivity contribution in [1.82, 2.24) is 5.32 Å². The maximum Gasteiger partial charge on any atom is 0.224 e. The minimum absolute atomic E-state index is 0.0449. The van der Waals surface area contributed by atoms with E-state index in [1.54, 1.807) is 0 Å². The summed E-state index contributed by atoms with van der Waals surface area (Å²) >= 11 is 6.46. The fraction of sp³-hybridized carbons (Fsp3) is 0.381. The van der Waals surface area contributed by atoms with E-state index < -0.39 is 0 Å². The smallest absolute Gasteiger partial charge is 0.224 e. The Balaban J connectivity index is 1.71. The molecule has 2 aromatic carbocycles. The van der Waals surface area contributed by atoms with Crippen LogP contribution in [0.2, 0.25) is 5.02 Å². The van der Waals surface area contributed by atoms with Crippen LogP contribution < -0.4 is 5.32 Å². The molecule has 132 valence electrons. The predicted molar refractivity (Wildman–Crippen MR) is 101 cm³/mol. The summed E-state index contributed by atoms with van der Waals surface area (Å²) in [7, 11) is 0. The van der Waals surface area contributed by atoms with E-state index in [9.17, 15) is 4.79 Å². The Kier molecular flexibility index (Phi) is 5.77. The van der Waals surface area contributed by atoms with Crippen LogP contribution in [0.5, 0.6) is 0 Å². The van der Waals surface area contributed by atoms with Crippen molar-refractivity contribution in [3.8, 4) is 0 Å². The summed E-state index contributed by atoms with van der Waals surface area (Å²) in [6, 6.07) is 16.0. The number of hydrogen-bond acceptors (Lipinski definition) is 2. The van der Waals surface area contributed by atoms with Crippen LogP contribution in [0.3, 0.4) is 0 Å². The van der Waals surface area contributed by atoms with Crippen LogP contribution in [-0.2, 0) is 21.4 Å². The largest absolute Gasteiger partial charge is 0.381 e. The molecule has 0 bridgehead atoms. The van der Waals surface area contributed by atoms with Gasteiger partial charge in [-0.25, -0.2) is 0 Å². The van der Waals surface area contributed by atoms with Crippen LogP contribution in [0.25, 0.3) is 0 Å². The number of carbonyl (C=O) groups excluding carboxylic acids is 1. The highest BCUT2D eigenvalue weighted by molar-refractivity contribution is 6.31. The lowest BCUT2D eigenvalue weighted by Crippen LogP contribution is -2.45. The first-order valence-electron chi connectivity index (χ1n) is 8.74. The third-order valence-corrected chi connectivity index (χ3v) is 5.30. The minimum atomic E-state index is -0.154. The Labute approximate surface area is 154 Å². The Morgan fingerprint density at radius 3 is 2.64 bits per heavy atom. The van der Waals surface area contributed by atoms with Gasteiger partial charge in [-0.1, -0.05) is 59.6 Å². The van der Waals surface area contributed by atoms with Crippen molar-refractivity contribution in [3.05, 3.63) is 70.2 Å². The van der Waals surface area contributed by atoms with Crippen LogP contribution >= 0.6 is 11.6 Å². The predicted octanol–water partition coefficient (Wildman–Crippen LogP) is 4.06. The highest BCUT2D eigenvalue weighted by Crippen LogP contribution is 2.38. The number of ether oxygens (including phenoxy) is 1. The monoisotopic (exact) mass is 357 g/mol. The van der Waals surface area contributed by atoms with Gasteiger partial charge >= 0.3 is 0 Å². The Hall–Kier alpha value is -1.84. The minimum Gasteiger partial charge on any atom is -0.381 e. The molecule has 0 saturated carbocycles. The van der Waals surface area contributed by atoms with E-state index in [1.807, 2.05) is 43.3 Å². The molecular weight excluding hydrogens is 334 g/mol. The average molecular weight is 358 g/mol. The standard InChI is InChI=1S/C21H24ClNO2/c1-16-5-4-6-17(13-16)14-20(24)23-15-21(9-11-25-12-10-21)18-7-2-3-8-19(18)22/h2-8,13H,9-12,14-15H2,1H3,(H,23,24). The van der Waals surface area contributed by atoms with Gasteiger partial charge in [0, 0.05) is 30.2 Å². The molecular formula is C21H24ClNO2. The van der Waals surface area contributed by atoms with Crippen molar-refractivity contribution in [2.24, 2.45) is 0 Å². The molecule has 0 atom stereocenters. The molecule has 0 aliphatic carbocycles. The van der Waals surface area contributed by atoms with Crippen molar-refractivity contribution in [1.29, 1.82) is 0 Å². The summed E-state index contributed by atoms with van der Waals surface area (Å²) < 4.78 is 5.55. The van der Waals surface area contributed by atoms with Gasteiger partial charge in [0.05, 0.1) is 6.42 Å². The first kappa shape index (κ1) is 18.0. The van der Waals surface area contributed by atoms with Crippen molar-refractivity contribution < 1.29 is 9.53 Å². The maximum atomic E-state index is 12.4. The molecule has 1 aliphatic rings. The molecule has 1 fully saturated rings. The van der Waals surface area contributed by atoms with E-state index in [0.717, 1.165) is 29.0 Å². The fourth-order valence-electron chi connectivity index (χ4n) is 3.53. The van der Waals surface area contributed by atoms with Gasteiger partial charge in [0.2, 0.25) is 5.91 Å². The summed E-state index contributed by atoms with van der Waals surface area (Å²) in [5.41, 5.74) is 3.16. The number of carbonyl (C=O) groups is 1. The highest BCUT2D eigenvalue weighted by atomic mass is 35.5. The Morgan fingerprint density at radius 2 is 1.92 bits per heavy atom. The Morgan fingerprint density at radius 1 is 1.16 bits per heavy atom. The number of halogens is 1. The lowest BCUT2D eigenvalue weighted by atomic mass is 9.74. The van der Waals surface area contributed by atoms with Gasteiger partial charge < -0.3 is 10.1 Å². The van der Waals surface area contributed by atoms with Crippen LogP contribution in [-0.4, -0.2) is 25.7 Å². The second-order valence-corrected chi connectivity index (χ2v) is 7.22. The zero-order valence-corrected chi connectivity index (χ0v) is 15.3. The molecule has 1 aliphatic heterocycles. The zero-order valence-electron chi connectivity index (χ0n) is 14.6. The molecule has 1 amide bonds. The average Bonchev–Trinajstić information content (AvgIpc) is 2.61. The summed E-state index contributed by atoms with van der Waals surface area (Å²) in [6.45, 7) is 4.01. The van der Waals surface area contributed by atoms with Gasteiger partial charge in [-0.3, -0.25) is 4.79 Å². The second kappa shape index (κ2) is 8.03. The number of aryl methyl sites for hydroxylation is 1. The molecule has 1 heterocycles. The van der Waals surface area contributed by atoms with E-state index in [1.165, 1.54) is 5.56 Å². The summed E-state index contributed by atoms with van der Waals surface area (Å²) in [4.78, 5) is 12.4. The molecule has 0 spiro atoms. The van der Waals surface area contributed by atoms with E-state index >= 15 is 0 Å². The third-order valence-electron chi connectivity index (χ3n) is 4.97. The first-order valence-corrected chi connectivity index (χ1v) is 9.12. The number of hydrogen-bond donors (Lipinski definition) is 1.